The number of halogens is 1. The first-order valence-electron chi connectivity index (χ1n) is 6.27. The van der Waals surface area contributed by atoms with Crippen LogP contribution in [0.3, 0.4) is 0 Å². The van der Waals surface area contributed by atoms with Gasteiger partial charge in [-0.25, -0.2) is 4.39 Å². The van der Waals surface area contributed by atoms with Crippen molar-refractivity contribution in [2.75, 3.05) is 0 Å². The van der Waals surface area contributed by atoms with E-state index in [-0.39, 0.29) is 11.0 Å². The first-order chi connectivity index (χ1) is 8.07. The number of nitriles is 1. The fourth-order valence-electron chi connectivity index (χ4n) is 2.50. The molecule has 0 spiro atoms. The van der Waals surface area contributed by atoms with Crippen LogP contribution in [0.25, 0.3) is 0 Å². The summed E-state index contributed by atoms with van der Waals surface area (Å²) in [7, 11) is 0. The van der Waals surface area contributed by atoms with Crippen LogP contribution in [0, 0.1) is 17.1 Å². The monoisotopic (exact) mass is 233 g/mol. The lowest BCUT2D eigenvalue weighted by atomic mass is 9.75. The molecule has 92 valence electrons. The number of nitrogens with zero attached hydrogens (tertiary/aromatic N) is 1. The Bertz CT molecular complexity index is 411. The number of hydrogen-bond acceptors (Lipinski definition) is 1. The molecular weight excluding hydrogens is 213 g/mol. The Balaban J connectivity index is 3.11. The summed E-state index contributed by atoms with van der Waals surface area (Å²) in [6.07, 6.45) is 4.26. The predicted molar refractivity (Wildman–Crippen MR) is 68.3 cm³/mol. The van der Waals surface area contributed by atoms with Gasteiger partial charge in [-0.3, -0.25) is 0 Å². The zero-order chi connectivity index (χ0) is 12.9. The molecule has 2 heteroatoms. The standard InChI is InChI=1S/C15H20FN/c1-4-8-15(3,9-5-2)13-7-6-12(11-17)14(16)10-13/h6-7,10H,4-5,8-9H2,1-3H3. The van der Waals surface area contributed by atoms with Gasteiger partial charge in [0, 0.05) is 0 Å². The van der Waals surface area contributed by atoms with E-state index in [0.717, 1.165) is 31.2 Å². The van der Waals surface area contributed by atoms with Crippen LogP contribution in [0.2, 0.25) is 0 Å². The highest BCUT2D eigenvalue weighted by atomic mass is 19.1. The molecule has 0 fully saturated rings. The predicted octanol–water partition coefficient (Wildman–Crippen LogP) is 4.56. The van der Waals surface area contributed by atoms with Crippen LogP contribution in [0.5, 0.6) is 0 Å². The van der Waals surface area contributed by atoms with Crippen molar-refractivity contribution < 1.29 is 4.39 Å². The van der Waals surface area contributed by atoms with E-state index in [1.807, 2.05) is 12.1 Å². The fourth-order valence-corrected chi connectivity index (χ4v) is 2.50. The highest BCUT2D eigenvalue weighted by Gasteiger charge is 2.25. The van der Waals surface area contributed by atoms with Gasteiger partial charge in [0.15, 0.2) is 0 Å². The van der Waals surface area contributed by atoms with Crippen LogP contribution >= 0.6 is 0 Å². The van der Waals surface area contributed by atoms with Gasteiger partial charge in [-0.05, 0) is 36.0 Å². The van der Waals surface area contributed by atoms with Crippen LogP contribution in [0.15, 0.2) is 18.2 Å². The highest BCUT2D eigenvalue weighted by molar-refractivity contribution is 5.36. The van der Waals surface area contributed by atoms with E-state index in [9.17, 15) is 4.39 Å². The largest absolute Gasteiger partial charge is 0.206 e. The second-order valence-electron chi connectivity index (χ2n) is 4.87. The van der Waals surface area contributed by atoms with E-state index in [4.69, 9.17) is 5.26 Å². The van der Waals surface area contributed by atoms with Crippen LogP contribution in [-0.4, -0.2) is 0 Å². The lowest BCUT2D eigenvalue weighted by molar-refractivity contribution is 0.390. The van der Waals surface area contributed by atoms with Gasteiger partial charge >= 0.3 is 0 Å². The van der Waals surface area contributed by atoms with Crippen molar-refractivity contribution >= 4 is 0 Å². The molecule has 0 atom stereocenters. The second-order valence-corrected chi connectivity index (χ2v) is 4.87. The molecule has 1 nitrogen and oxygen atoms in total. The zero-order valence-electron chi connectivity index (χ0n) is 10.9. The summed E-state index contributed by atoms with van der Waals surface area (Å²) in [6.45, 7) is 6.47. The van der Waals surface area contributed by atoms with Crippen molar-refractivity contribution in [3.05, 3.63) is 35.1 Å². The molecule has 0 aliphatic heterocycles. The average molecular weight is 233 g/mol. The van der Waals surface area contributed by atoms with Crippen molar-refractivity contribution in [2.24, 2.45) is 0 Å². The summed E-state index contributed by atoms with van der Waals surface area (Å²) in [5, 5.41) is 8.73. The molecule has 0 N–H and O–H groups in total. The lowest BCUT2D eigenvalue weighted by Gasteiger charge is -2.29. The zero-order valence-corrected chi connectivity index (χ0v) is 10.9. The molecule has 0 aromatic heterocycles. The summed E-state index contributed by atoms with van der Waals surface area (Å²) < 4.78 is 13.6. The second kappa shape index (κ2) is 5.82. The van der Waals surface area contributed by atoms with Gasteiger partial charge in [0.05, 0.1) is 5.56 Å². The Hall–Kier alpha value is -1.36. The van der Waals surface area contributed by atoms with Gasteiger partial charge < -0.3 is 0 Å². The quantitative estimate of drug-likeness (QED) is 0.731. The first-order valence-corrected chi connectivity index (χ1v) is 6.27. The minimum atomic E-state index is -0.400. The topological polar surface area (TPSA) is 23.8 Å². The smallest absolute Gasteiger partial charge is 0.141 e. The van der Waals surface area contributed by atoms with Crippen molar-refractivity contribution in [2.45, 2.75) is 51.9 Å². The van der Waals surface area contributed by atoms with E-state index < -0.39 is 5.82 Å². The molecule has 0 radical (unpaired) electrons. The number of benzene rings is 1. The van der Waals surface area contributed by atoms with E-state index >= 15 is 0 Å². The van der Waals surface area contributed by atoms with Crippen LogP contribution in [0.1, 0.15) is 57.6 Å². The molecule has 0 amide bonds. The number of rotatable bonds is 5. The molecule has 0 saturated carbocycles. The molecule has 0 aliphatic carbocycles. The van der Waals surface area contributed by atoms with Crippen molar-refractivity contribution in [3.8, 4) is 6.07 Å². The van der Waals surface area contributed by atoms with Gasteiger partial charge in [0.25, 0.3) is 0 Å². The van der Waals surface area contributed by atoms with Crippen molar-refractivity contribution in [1.82, 2.24) is 0 Å². The molecule has 17 heavy (non-hydrogen) atoms. The van der Waals surface area contributed by atoms with Crippen molar-refractivity contribution in [1.29, 1.82) is 5.26 Å². The molecule has 0 bridgehead atoms. The third-order valence-electron chi connectivity index (χ3n) is 3.39. The molecular formula is C15H20FN. The average Bonchev–Trinajstić information content (AvgIpc) is 2.29. The van der Waals surface area contributed by atoms with Gasteiger partial charge in [-0.1, -0.05) is 39.7 Å². The molecule has 1 aromatic carbocycles. The molecule has 1 rings (SSSR count). The first kappa shape index (κ1) is 13.7. The van der Waals surface area contributed by atoms with Crippen LogP contribution in [0.4, 0.5) is 4.39 Å². The molecule has 0 saturated heterocycles. The third-order valence-corrected chi connectivity index (χ3v) is 3.39. The lowest BCUT2D eigenvalue weighted by Crippen LogP contribution is -2.21. The van der Waals surface area contributed by atoms with E-state index in [2.05, 4.69) is 20.8 Å². The van der Waals surface area contributed by atoms with E-state index in [1.54, 1.807) is 6.07 Å². The van der Waals surface area contributed by atoms with Crippen LogP contribution < -0.4 is 0 Å². The van der Waals surface area contributed by atoms with E-state index in [0.29, 0.717) is 0 Å². The van der Waals surface area contributed by atoms with Crippen LogP contribution in [-0.2, 0) is 5.41 Å². The summed E-state index contributed by atoms with van der Waals surface area (Å²) in [4.78, 5) is 0. The van der Waals surface area contributed by atoms with Gasteiger partial charge in [0.1, 0.15) is 11.9 Å². The minimum Gasteiger partial charge on any atom is -0.206 e. The molecule has 0 unspecified atom stereocenters. The molecule has 0 heterocycles. The van der Waals surface area contributed by atoms with Gasteiger partial charge in [-0.15, -0.1) is 0 Å². The Morgan fingerprint density at radius 3 is 2.24 bits per heavy atom. The Kier molecular flexibility index (Phi) is 4.69. The maximum absolute atomic E-state index is 13.6. The molecule has 0 aliphatic rings. The Morgan fingerprint density at radius 1 is 1.24 bits per heavy atom. The summed E-state index contributed by atoms with van der Waals surface area (Å²) in [5.41, 5.74) is 1.17. The SMILES string of the molecule is CCCC(C)(CCC)c1ccc(C#N)c(F)c1. The maximum atomic E-state index is 13.6. The fraction of sp³-hybridized carbons (Fsp3) is 0.533. The normalized spacial score (nSPS) is 11.2. The highest BCUT2D eigenvalue weighted by Crippen LogP contribution is 2.34. The number of hydrogen-bond donors (Lipinski definition) is 0. The minimum absolute atomic E-state index is 0.0261. The summed E-state index contributed by atoms with van der Waals surface area (Å²) >= 11 is 0. The maximum Gasteiger partial charge on any atom is 0.141 e. The summed E-state index contributed by atoms with van der Waals surface area (Å²) in [6, 6.07) is 6.88. The van der Waals surface area contributed by atoms with Crippen molar-refractivity contribution in [3.63, 3.8) is 0 Å². The molecule has 1 aromatic rings. The summed E-state index contributed by atoms with van der Waals surface area (Å²) in [5.74, 6) is -0.400. The third kappa shape index (κ3) is 3.06. The Morgan fingerprint density at radius 2 is 1.82 bits per heavy atom. The Labute approximate surface area is 103 Å². The van der Waals surface area contributed by atoms with E-state index in [1.165, 1.54) is 6.07 Å². The van der Waals surface area contributed by atoms with Gasteiger partial charge in [0.2, 0.25) is 0 Å². The van der Waals surface area contributed by atoms with Gasteiger partial charge in [-0.2, -0.15) is 5.26 Å².